The van der Waals surface area contributed by atoms with Gasteiger partial charge in [0.05, 0.1) is 12.8 Å². The second-order valence-corrected chi connectivity index (χ2v) is 7.31. The summed E-state index contributed by atoms with van der Waals surface area (Å²) in [6, 6.07) is 18.3. The normalized spacial score (nSPS) is 10.6. The molecule has 0 radical (unpaired) electrons. The van der Waals surface area contributed by atoms with Crippen LogP contribution in [-0.4, -0.2) is 17.9 Å². The van der Waals surface area contributed by atoms with Gasteiger partial charge in [0, 0.05) is 16.5 Å². The van der Waals surface area contributed by atoms with Crippen molar-refractivity contribution in [2.75, 3.05) is 18.6 Å². The van der Waals surface area contributed by atoms with Gasteiger partial charge in [0.15, 0.2) is 0 Å². The third-order valence-corrected chi connectivity index (χ3v) is 5.74. The van der Waals surface area contributed by atoms with Gasteiger partial charge in [-0.2, -0.15) is 5.26 Å². The number of ether oxygens (including phenoxy) is 1. The Kier molecular flexibility index (Phi) is 4.63. The van der Waals surface area contributed by atoms with Gasteiger partial charge in [-0.3, -0.25) is 4.79 Å². The van der Waals surface area contributed by atoms with Crippen LogP contribution in [0.2, 0.25) is 0 Å². The molecule has 2 aromatic carbocycles. The number of nitrogen functional groups attached to an aromatic ring is 2. The third kappa shape index (κ3) is 3.06. The fourth-order valence-electron chi connectivity index (χ4n) is 3.22. The van der Waals surface area contributed by atoms with Crippen LogP contribution in [0.25, 0.3) is 21.3 Å². The fraction of sp³-hybridized carbons (Fsp3) is 0.0455. The average Bonchev–Trinajstić information content (AvgIpc) is 3.08. The van der Waals surface area contributed by atoms with Crippen molar-refractivity contribution < 1.29 is 9.53 Å². The van der Waals surface area contributed by atoms with Crippen LogP contribution in [0.15, 0.2) is 54.6 Å². The Labute approximate surface area is 171 Å². The number of nitriles is 1. The van der Waals surface area contributed by atoms with Crippen LogP contribution in [-0.2, 0) is 0 Å². The van der Waals surface area contributed by atoms with E-state index in [1.807, 2.05) is 30.3 Å². The Balaban J connectivity index is 1.96. The zero-order chi connectivity index (χ0) is 20.5. The summed E-state index contributed by atoms with van der Waals surface area (Å²) in [4.78, 5) is 18.3. The summed E-state index contributed by atoms with van der Waals surface area (Å²) < 4.78 is 5.14. The van der Waals surface area contributed by atoms with Gasteiger partial charge in [-0.1, -0.05) is 30.3 Å². The van der Waals surface area contributed by atoms with Crippen molar-refractivity contribution in [1.29, 1.82) is 5.26 Å². The number of carbonyl (C=O) groups is 1. The van der Waals surface area contributed by atoms with Crippen LogP contribution in [0.3, 0.4) is 0 Å². The van der Waals surface area contributed by atoms with Crippen LogP contribution in [0.1, 0.15) is 20.8 Å². The molecule has 4 aromatic rings. The van der Waals surface area contributed by atoms with E-state index < -0.39 is 0 Å². The SMILES string of the molecule is COc1ccc(C(=O)c2sc3nc(N)c(C#N)c(-c4ccccc4)c3c2N)cc1. The Morgan fingerprint density at radius 3 is 2.41 bits per heavy atom. The summed E-state index contributed by atoms with van der Waals surface area (Å²) in [7, 11) is 1.56. The molecule has 0 aliphatic heterocycles. The van der Waals surface area contributed by atoms with Crippen molar-refractivity contribution in [1.82, 2.24) is 4.98 Å². The highest BCUT2D eigenvalue weighted by molar-refractivity contribution is 7.21. The molecule has 0 amide bonds. The number of pyridine rings is 1. The Morgan fingerprint density at radius 1 is 1.10 bits per heavy atom. The highest BCUT2D eigenvalue weighted by Crippen LogP contribution is 2.43. The molecule has 0 aliphatic carbocycles. The van der Waals surface area contributed by atoms with Gasteiger partial charge in [0.1, 0.15) is 32.9 Å². The molecule has 2 heterocycles. The third-order valence-electron chi connectivity index (χ3n) is 4.64. The molecule has 0 fully saturated rings. The van der Waals surface area contributed by atoms with E-state index in [0.29, 0.717) is 37.7 Å². The number of aromatic nitrogens is 1. The number of hydrogen-bond acceptors (Lipinski definition) is 7. The lowest BCUT2D eigenvalue weighted by Crippen LogP contribution is -2.03. The molecule has 0 atom stereocenters. The summed E-state index contributed by atoms with van der Waals surface area (Å²) in [6.45, 7) is 0. The predicted molar refractivity (Wildman–Crippen MR) is 115 cm³/mol. The molecule has 2 aromatic heterocycles. The minimum Gasteiger partial charge on any atom is -0.497 e. The van der Waals surface area contributed by atoms with Crippen molar-refractivity contribution in [3.05, 3.63) is 70.6 Å². The topological polar surface area (TPSA) is 115 Å². The number of thiophene rings is 1. The van der Waals surface area contributed by atoms with Crippen LogP contribution < -0.4 is 16.2 Å². The van der Waals surface area contributed by atoms with E-state index >= 15 is 0 Å². The number of hydrogen-bond donors (Lipinski definition) is 2. The van der Waals surface area contributed by atoms with Gasteiger partial charge in [-0.05, 0) is 29.8 Å². The van der Waals surface area contributed by atoms with Crippen LogP contribution >= 0.6 is 11.3 Å². The maximum atomic E-state index is 13.1. The quantitative estimate of drug-likeness (QED) is 0.495. The molecule has 0 bridgehead atoms. The van der Waals surface area contributed by atoms with Crippen LogP contribution in [0.4, 0.5) is 11.5 Å². The molecular weight excluding hydrogens is 384 g/mol. The lowest BCUT2D eigenvalue weighted by atomic mass is 9.97. The van der Waals surface area contributed by atoms with Gasteiger partial charge >= 0.3 is 0 Å². The predicted octanol–water partition coefficient (Wildman–Crippen LogP) is 4.24. The number of carbonyl (C=O) groups excluding carboxylic acids is 1. The molecule has 0 saturated heterocycles. The Bertz CT molecular complexity index is 1270. The molecule has 142 valence electrons. The van der Waals surface area contributed by atoms with E-state index in [1.165, 1.54) is 11.3 Å². The van der Waals surface area contributed by atoms with Gasteiger partial charge in [0.25, 0.3) is 0 Å². The van der Waals surface area contributed by atoms with Crippen LogP contribution in [0, 0.1) is 11.3 Å². The summed E-state index contributed by atoms with van der Waals surface area (Å²) in [5.41, 5.74) is 14.9. The largest absolute Gasteiger partial charge is 0.497 e. The van der Waals surface area contributed by atoms with Gasteiger partial charge in [-0.25, -0.2) is 4.98 Å². The monoisotopic (exact) mass is 400 g/mol. The first kappa shape index (κ1) is 18.5. The summed E-state index contributed by atoms with van der Waals surface area (Å²) >= 11 is 1.17. The lowest BCUT2D eigenvalue weighted by Gasteiger charge is -2.09. The standard InChI is InChI=1S/C22H16N4O2S/c1-28-14-9-7-13(8-10-14)19(27)20-18(24)17-16(12-5-3-2-4-6-12)15(11-23)21(25)26-22(17)29-20/h2-10H,24H2,1H3,(H2,25,26). The van der Waals surface area contributed by atoms with E-state index in [0.717, 1.165) is 5.56 Å². The minimum atomic E-state index is -0.218. The molecular formula is C22H16N4O2S. The van der Waals surface area contributed by atoms with Crippen LogP contribution in [0.5, 0.6) is 5.75 Å². The van der Waals surface area contributed by atoms with E-state index in [9.17, 15) is 10.1 Å². The fourth-order valence-corrected chi connectivity index (χ4v) is 4.29. The van der Waals surface area contributed by atoms with E-state index in [1.54, 1.807) is 31.4 Å². The number of methoxy groups -OCH3 is 1. The second kappa shape index (κ2) is 7.26. The molecule has 7 heteroatoms. The van der Waals surface area contributed by atoms with Gasteiger partial charge in [-0.15, -0.1) is 11.3 Å². The van der Waals surface area contributed by atoms with Gasteiger partial charge in [0.2, 0.25) is 5.78 Å². The van der Waals surface area contributed by atoms with Crippen molar-refractivity contribution >= 4 is 38.8 Å². The zero-order valence-corrected chi connectivity index (χ0v) is 16.3. The highest BCUT2D eigenvalue weighted by Gasteiger charge is 2.24. The zero-order valence-electron chi connectivity index (χ0n) is 15.5. The van der Waals surface area contributed by atoms with E-state index in [2.05, 4.69) is 11.1 Å². The molecule has 4 N–H and O–H groups in total. The summed E-state index contributed by atoms with van der Waals surface area (Å²) in [5, 5.41) is 10.2. The average molecular weight is 400 g/mol. The second-order valence-electron chi connectivity index (χ2n) is 6.31. The number of benzene rings is 2. The Hall–Kier alpha value is -3.89. The summed E-state index contributed by atoms with van der Waals surface area (Å²) in [6.07, 6.45) is 0. The summed E-state index contributed by atoms with van der Waals surface area (Å²) in [5.74, 6) is 0.554. The van der Waals surface area contributed by atoms with Gasteiger partial charge < -0.3 is 16.2 Å². The first-order chi connectivity index (χ1) is 14.0. The van der Waals surface area contributed by atoms with E-state index in [-0.39, 0.29) is 17.2 Å². The minimum absolute atomic E-state index is 0.114. The first-order valence-electron chi connectivity index (χ1n) is 8.70. The first-order valence-corrected chi connectivity index (χ1v) is 9.52. The van der Waals surface area contributed by atoms with Crippen molar-refractivity contribution in [3.63, 3.8) is 0 Å². The maximum absolute atomic E-state index is 13.1. The number of nitrogens with zero attached hydrogens (tertiary/aromatic N) is 2. The maximum Gasteiger partial charge on any atom is 0.205 e. The van der Waals surface area contributed by atoms with Crippen molar-refractivity contribution in [2.45, 2.75) is 0 Å². The number of rotatable bonds is 4. The molecule has 0 saturated carbocycles. The van der Waals surface area contributed by atoms with Crippen molar-refractivity contribution in [3.8, 4) is 22.9 Å². The number of nitrogens with two attached hydrogens (primary N) is 2. The number of anilines is 2. The molecule has 0 unspecified atom stereocenters. The molecule has 0 spiro atoms. The molecule has 6 nitrogen and oxygen atoms in total. The smallest absolute Gasteiger partial charge is 0.205 e. The lowest BCUT2D eigenvalue weighted by molar-refractivity contribution is 0.104. The van der Waals surface area contributed by atoms with Crippen molar-refractivity contribution in [2.24, 2.45) is 0 Å². The highest BCUT2D eigenvalue weighted by atomic mass is 32.1. The number of fused-ring (bicyclic) bond motifs is 1. The molecule has 0 aliphatic rings. The Morgan fingerprint density at radius 2 is 1.79 bits per heavy atom. The molecule has 4 rings (SSSR count). The number of ketones is 1. The molecule has 29 heavy (non-hydrogen) atoms. The van der Waals surface area contributed by atoms with E-state index in [4.69, 9.17) is 16.2 Å².